The van der Waals surface area contributed by atoms with Gasteiger partial charge in [0.05, 0.1) is 24.0 Å². The molecule has 1 atom stereocenters. The largest absolute Gasteiger partial charge is 0.616 e. The van der Waals surface area contributed by atoms with Gasteiger partial charge in [0.15, 0.2) is 0 Å². The molecule has 0 fully saturated rings. The standard InChI is InChI=1S/C27H23N3O6/c31-26(32)16-22(19-9-11-20(12-10-19)27(33)34)23-4-3-6-25(30(23)35)36-21-13-7-18(8-14-21)17-29-24-5-1-2-15-28-24/h1-15,22H,16-17H2,(H,28,29)(H,31,32)(H,33,34). The molecule has 0 amide bonds. The van der Waals surface area contributed by atoms with Crippen LogP contribution in [0, 0.1) is 5.21 Å². The van der Waals surface area contributed by atoms with Crippen molar-refractivity contribution in [3.05, 3.63) is 119 Å². The number of nitrogens with one attached hydrogen (secondary N) is 1. The summed E-state index contributed by atoms with van der Waals surface area (Å²) < 4.78 is 6.37. The van der Waals surface area contributed by atoms with Crippen LogP contribution in [0.4, 0.5) is 5.82 Å². The molecule has 0 bridgehead atoms. The van der Waals surface area contributed by atoms with Crippen LogP contribution in [0.1, 0.15) is 39.5 Å². The number of carboxylic acids is 2. The lowest BCUT2D eigenvalue weighted by atomic mass is 9.91. The first-order valence-corrected chi connectivity index (χ1v) is 11.1. The maximum Gasteiger partial charge on any atom is 0.385 e. The van der Waals surface area contributed by atoms with E-state index in [-0.39, 0.29) is 23.6 Å². The third-order valence-electron chi connectivity index (χ3n) is 5.52. The second kappa shape index (κ2) is 11.0. The van der Waals surface area contributed by atoms with Gasteiger partial charge in [0.2, 0.25) is 5.69 Å². The fourth-order valence-electron chi connectivity index (χ4n) is 3.71. The minimum Gasteiger partial charge on any atom is -0.616 e. The van der Waals surface area contributed by atoms with Gasteiger partial charge in [0.25, 0.3) is 0 Å². The van der Waals surface area contributed by atoms with Gasteiger partial charge in [-0.05, 0) is 53.6 Å². The van der Waals surface area contributed by atoms with E-state index in [9.17, 15) is 19.9 Å². The molecule has 9 nitrogen and oxygen atoms in total. The molecule has 2 aromatic heterocycles. The van der Waals surface area contributed by atoms with E-state index >= 15 is 0 Å². The van der Waals surface area contributed by atoms with E-state index in [1.54, 1.807) is 24.4 Å². The van der Waals surface area contributed by atoms with Gasteiger partial charge in [-0.1, -0.05) is 30.3 Å². The Balaban J connectivity index is 1.53. The monoisotopic (exact) mass is 485 g/mol. The summed E-state index contributed by atoms with van der Waals surface area (Å²) in [7, 11) is 0. The van der Waals surface area contributed by atoms with Gasteiger partial charge in [-0.25, -0.2) is 9.78 Å². The summed E-state index contributed by atoms with van der Waals surface area (Å²) in [6.45, 7) is 0.561. The summed E-state index contributed by atoms with van der Waals surface area (Å²) in [5.41, 5.74) is 1.74. The van der Waals surface area contributed by atoms with Crippen molar-refractivity contribution < 1.29 is 29.3 Å². The van der Waals surface area contributed by atoms with Crippen molar-refractivity contribution in [2.24, 2.45) is 0 Å². The Labute approximate surface area is 206 Å². The summed E-state index contributed by atoms with van der Waals surface area (Å²) in [5.74, 6) is -1.79. The smallest absolute Gasteiger partial charge is 0.385 e. The highest BCUT2D eigenvalue weighted by Crippen LogP contribution is 2.28. The van der Waals surface area contributed by atoms with Crippen LogP contribution >= 0.6 is 0 Å². The summed E-state index contributed by atoms with van der Waals surface area (Å²) >= 11 is 0. The Bertz CT molecular complexity index is 1340. The fourth-order valence-corrected chi connectivity index (χ4v) is 3.71. The zero-order valence-corrected chi connectivity index (χ0v) is 19.1. The maximum atomic E-state index is 13.2. The van der Waals surface area contributed by atoms with E-state index in [1.807, 2.05) is 30.3 Å². The van der Waals surface area contributed by atoms with E-state index < -0.39 is 17.9 Å². The van der Waals surface area contributed by atoms with E-state index in [0.717, 1.165) is 11.4 Å². The minimum absolute atomic E-state index is 0.00981. The highest BCUT2D eigenvalue weighted by atomic mass is 16.6. The van der Waals surface area contributed by atoms with Gasteiger partial charge >= 0.3 is 17.8 Å². The molecule has 0 aliphatic carbocycles. The van der Waals surface area contributed by atoms with Crippen LogP contribution < -0.4 is 14.8 Å². The third-order valence-corrected chi connectivity index (χ3v) is 5.52. The van der Waals surface area contributed by atoms with Crippen LogP contribution in [0.15, 0.2) is 91.1 Å². The lowest BCUT2D eigenvalue weighted by Gasteiger charge is -2.17. The van der Waals surface area contributed by atoms with Gasteiger partial charge < -0.3 is 25.5 Å². The van der Waals surface area contributed by atoms with Crippen molar-refractivity contribution in [2.45, 2.75) is 18.9 Å². The number of hydrogen-bond donors (Lipinski definition) is 3. The SMILES string of the molecule is O=C(O)CC(c1ccc(C(=O)O)cc1)c1cccc(Oc2ccc(CNc3ccccn3)cc2)[n+]1[O-]. The number of aromatic nitrogens is 2. The quantitative estimate of drug-likeness (QED) is 0.222. The Hall–Kier alpha value is -4.92. The van der Waals surface area contributed by atoms with Gasteiger partial charge in [-0.2, -0.15) is 0 Å². The van der Waals surface area contributed by atoms with Crippen molar-refractivity contribution in [3.63, 3.8) is 0 Å². The number of pyridine rings is 2. The van der Waals surface area contributed by atoms with Crippen LogP contribution in [-0.4, -0.2) is 27.1 Å². The lowest BCUT2D eigenvalue weighted by Crippen LogP contribution is -2.35. The van der Waals surface area contributed by atoms with Crippen LogP contribution in [-0.2, 0) is 11.3 Å². The number of aromatic carboxylic acids is 1. The molecule has 9 heteroatoms. The molecule has 36 heavy (non-hydrogen) atoms. The molecule has 2 heterocycles. The number of hydrogen-bond acceptors (Lipinski definition) is 6. The predicted molar refractivity (Wildman–Crippen MR) is 131 cm³/mol. The Morgan fingerprint density at radius 3 is 2.33 bits per heavy atom. The number of nitrogens with zero attached hydrogens (tertiary/aromatic N) is 2. The molecule has 0 radical (unpaired) electrons. The van der Waals surface area contributed by atoms with Crippen molar-refractivity contribution in [1.82, 2.24) is 4.98 Å². The molecule has 3 N–H and O–H groups in total. The Kier molecular flexibility index (Phi) is 7.40. The predicted octanol–water partition coefficient (Wildman–Crippen LogP) is 4.42. The second-order valence-electron chi connectivity index (χ2n) is 7.98. The first-order valence-electron chi connectivity index (χ1n) is 11.1. The lowest BCUT2D eigenvalue weighted by molar-refractivity contribution is -0.620. The van der Waals surface area contributed by atoms with Gasteiger partial charge in [0.1, 0.15) is 11.6 Å². The summed E-state index contributed by atoms with van der Waals surface area (Å²) in [6.07, 6.45) is 1.35. The Morgan fingerprint density at radius 2 is 1.69 bits per heavy atom. The van der Waals surface area contributed by atoms with Gasteiger partial charge in [-0.15, -0.1) is 4.73 Å². The molecule has 4 aromatic rings. The van der Waals surface area contributed by atoms with E-state index in [0.29, 0.717) is 22.6 Å². The van der Waals surface area contributed by atoms with Crippen molar-refractivity contribution >= 4 is 17.8 Å². The topological polar surface area (TPSA) is 136 Å². The third kappa shape index (κ3) is 5.95. The highest BCUT2D eigenvalue weighted by molar-refractivity contribution is 5.87. The normalized spacial score (nSPS) is 11.4. The summed E-state index contributed by atoms with van der Waals surface area (Å²) in [5, 5.41) is 34.9. The summed E-state index contributed by atoms with van der Waals surface area (Å²) in [4.78, 5) is 26.9. The zero-order valence-electron chi connectivity index (χ0n) is 19.1. The van der Waals surface area contributed by atoms with E-state index in [2.05, 4.69) is 10.3 Å². The Morgan fingerprint density at radius 1 is 0.944 bits per heavy atom. The molecule has 182 valence electrons. The first-order chi connectivity index (χ1) is 17.4. The molecule has 0 saturated carbocycles. The van der Waals surface area contributed by atoms with Gasteiger partial charge in [-0.3, -0.25) is 4.79 Å². The zero-order chi connectivity index (χ0) is 25.5. The average Bonchev–Trinajstić information content (AvgIpc) is 2.89. The molecule has 4 rings (SSSR count). The van der Waals surface area contributed by atoms with E-state index in [4.69, 9.17) is 9.84 Å². The fraction of sp³-hybridized carbons (Fsp3) is 0.111. The number of carbonyl (C=O) groups is 2. The second-order valence-corrected chi connectivity index (χ2v) is 7.98. The molecule has 2 aromatic carbocycles. The number of benzene rings is 2. The van der Waals surface area contributed by atoms with Crippen molar-refractivity contribution in [1.29, 1.82) is 0 Å². The molecule has 0 saturated heterocycles. The molecule has 0 aliphatic heterocycles. The number of aliphatic carboxylic acids is 1. The number of anilines is 1. The van der Waals surface area contributed by atoms with Crippen molar-refractivity contribution in [2.75, 3.05) is 5.32 Å². The van der Waals surface area contributed by atoms with Crippen molar-refractivity contribution in [3.8, 4) is 11.6 Å². The van der Waals surface area contributed by atoms with Crippen LogP contribution in [0.2, 0.25) is 0 Å². The number of ether oxygens (including phenoxy) is 1. The molecule has 1 unspecified atom stereocenters. The highest BCUT2D eigenvalue weighted by Gasteiger charge is 2.27. The summed E-state index contributed by atoms with van der Waals surface area (Å²) in [6, 6.07) is 23.2. The van der Waals surface area contributed by atoms with Crippen LogP contribution in [0.5, 0.6) is 11.6 Å². The minimum atomic E-state index is -1.09. The van der Waals surface area contributed by atoms with Crippen LogP contribution in [0.25, 0.3) is 0 Å². The van der Waals surface area contributed by atoms with E-state index in [1.165, 1.54) is 36.4 Å². The average molecular weight is 485 g/mol. The molecular formula is C27H23N3O6. The molecular weight excluding hydrogens is 462 g/mol. The van der Waals surface area contributed by atoms with Gasteiger partial charge in [0, 0.05) is 18.8 Å². The van der Waals surface area contributed by atoms with Crippen LogP contribution in [0.3, 0.4) is 0 Å². The number of carboxylic acid groups (broad SMARTS) is 2. The first kappa shape index (κ1) is 24.2. The maximum absolute atomic E-state index is 13.2. The molecule has 0 aliphatic rings. The molecule has 0 spiro atoms. The number of rotatable bonds is 10.